The summed E-state index contributed by atoms with van der Waals surface area (Å²) >= 11 is 0. The van der Waals surface area contributed by atoms with Crippen molar-refractivity contribution in [1.29, 1.82) is 0 Å². The van der Waals surface area contributed by atoms with Crippen molar-refractivity contribution in [2.75, 3.05) is 0 Å². The SMILES string of the molecule is CCC(=COS(=O)(=O)C(F)(F)F)CC. The van der Waals surface area contributed by atoms with Crippen LogP contribution in [0.25, 0.3) is 0 Å². The highest BCUT2D eigenvalue weighted by Gasteiger charge is 2.47. The molecular weight excluding hydrogens is 221 g/mol. The van der Waals surface area contributed by atoms with Crippen LogP contribution in [0.3, 0.4) is 0 Å². The number of hydrogen-bond acceptors (Lipinski definition) is 3. The van der Waals surface area contributed by atoms with Crippen molar-refractivity contribution in [3.63, 3.8) is 0 Å². The van der Waals surface area contributed by atoms with Gasteiger partial charge in [0.15, 0.2) is 0 Å². The van der Waals surface area contributed by atoms with Crippen LogP contribution in [0, 0.1) is 0 Å². The van der Waals surface area contributed by atoms with Crippen LogP contribution in [0.5, 0.6) is 0 Å². The van der Waals surface area contributed by atoms with Gasteiger partial charge in [-0.1, -0.05) is 13.8 Å². The van der Waals surface area contributed by atoms with E-state index in [0.717, 1.165) is 0 Å². The monoisotopic (exact) mass is 232 g/mol. The number of alkyl halides is 3. The van der Waals surface area contributed by atoms with E-state index in [4.69, 9.17) is 0 Å². The molecule has 0 amide bonds. The molecule has 7 heteroatoms. The minimum atomic E-state index is -5.49. The van der Waals surface area contributed by atoms with E-state index >= 15 is 0 Å². The zero-order valence-electron chi connectivity index (χ0n) is 7.76. The van der Waals surface area contributed by atoms with E-state index in [-0.39, 0.29) is 0 Å². The quantitative estimate of drug-likeness (QED) is 0.425. The van der Waals surface area contributed by atoms with Crippen molar-refractivity contribution in [3.05, 3.63) is 11.8 Å². The second-order valence-electron chi connectivity index (χ2n) is 2.48. The summed E-state index contributed by atoms with van der Waals surface area (Å²) in [6.07, 6.45) is 1.54. The Morgan fingerprint density at radius 2 is 1.71 bits per heavy atom. The summed E-state index contributed by atoms with van der Waals surface area (Å²) in [4.78, 5) is 0. The number of allylic oxidation sites excluding steroid dienone is 1. The molecule has 0 aromatic carbocycles. The normalized spacial score (nSPS) is 12.4. The molecule has 0 heterocycles. The van der Waals surface area contributed by atoms with Crippen molar-refractivity contribution in [2.24, 2.45) is 0 Å². The molecule has 0 N–H and O–H groups in total. The third-order valence-electron chi connectivity index (χ3n) is 1.53. The zero-order valence-corrected chi connectivity index (χ0v) is 8.57. The molecule has 0 saturated heterocycles. The van der Waals surface area contributed by atoms with Crippen molar-refractivity contribution in [2.45, 2.75) is 32.2 Å². The van der Waals surface area contributed by atoms with Crippen LogP contribution < -0.4 is 0 Å². The Labute approximate surface area is 80.7 Å². The first-order chi connectivity index (χ1) is 6.24. The van der Waals surface area contributed by atoms with Gasteiger partial charge in [0.05, 0.1) is 0 Å². The van der Waals surface area contributed by atoms with E-state index in [1.165, 1.54) is 0 Å². The second kappa shape index (κ2) is 4.68. The van der Waals surface area contributed by atoms with Gasteiger partial charge in [0.2, 0.25) is 0 Å². The highest BCUT2D eigenvalue weighted by Crippen LogP contribution is 2.25. The van der Waals surface area contributed by atoms with Gasteiger partial charge in [0.1, 0.15) is 6.26 Å². The Morgan fingerprint density at radius 3 is 2.00 bits per heavy atom. The van der Waals surface area contributed by atoms with E-state index in [9.17, 15) is 21.6 Å². The largest absolute Gasteiger partial charge is 0.534 e. The maximum Gasteiger partial charge on any atom is 0.534 e. The molecule has 0 atom stereocenters. The third-order valence-corrected chi connectivity index (χ3v) is 2.45. The number of halogens is 3. The van der Waals surface area contributed by atoms with Crippen LogP contribution >= 0.6 is 0 Å². The zero-order chi connectivity index (χ0) is 11.4. The molecule has 14 heavy (non-hydrogen) atoms. The van der Waals surface area contributed by atoms with Gasteiger partial charge in [-0.25, -0.2) is 0 Å². The fourth-order valence-electron chi connectivity index (χ4n) is 0.603. The van der Waals surface area contributed by atoms with Crippen molar-refractivity contribution in [1.82, 2.24) is 0 Å². The van der Waals surface area contributed by atoms with E-state index in [0.29, 0.717) is 24.7 Å². The summed E-state index contributed by atoms with van der Waals surface area (Å²) < 4.78 is 59.8. The maximum atomic E-state index is 11.7. The molecule has 0 spiro atoms. The molecule has 0 fully saturated rings. The Balaban J connectivity index is 4.63. The molecule has 0 aromatic heterocycles. The molecule has 0 aliphatic carbocycles. The predicted molar refractivity (Wildman–Crippen MR) is 44.7 cm³/mol. The molecule has 3 nitrogen and oxygen atoms in total. The maximum absolute atomic E-state index is 11.7. The standard InChI is InChI=1S/C7H11F3O3S/c1-3-6(4-2)5-13-14(11,12)7(8,9)10/h5H,3-4H2,1-2H3. The van der Waals surface area contributed by atoms with Crippen LogP contribution in [0.2, 0.25) is 0 Å². The first kappa shape index (κ1) is 13.3. The van der Waals surface area contributed by atoms with Gasteiger partial charge >= 0.3 is 15.6 Å². The first-order valence-corrected chi connectivity index (χ1v) is 5.33. The lowest BCUT2D eigenvalue weighted by Crippen LogP contribution is -2.23. The summed E-state index contributed by atoms with van der Waals surface area (Å²) in [5.74, 6) is 0. The lowest BCUT2D eigenvalue weighted by Gasteiger charge is -2.07. The summed E-state index contributed by atoms with van der Waals surface area (Å²) in [6, 6.07) is 0. The Morgan fingerprint density at radius 1 is 1.29 bits per heavy atom. The van der Waals surface area contributed by atoms with Gasteiger partial charge in [-0.15, -0.1) is 0 Å². The molecule has 0 rings (SSSR count). The van der Waals surface area contributed by atoms with E-state index in [1.54, 1.807) is 13.8 Å². The topological polar surface area (TPSA) is 43.4 Å². The average molecular weight is 232 g/mol. The fourth-order valence-corrected chi connectivity index (χ4v) is 0.974. The molecule has 84 valence electrons. The Kier molecular flexibility index (Phi) is 4.44. The van der Waals surface area contributed by atoms with Gasteiger partial charge in [0.25, 0.3) is 0 Å². The Bertz CT molecular complexity index is 297. The first-order valence-electron chi connectivity index (χ1n) is 3.92. The minimum absolute atomic E-state index is 0.448. The van der Waals surface area contributed by atoms with E-state index < -0.39 is 15.6 Å². The van der Waals surface area contributed by atoms with Crippen LogP contribution in [-0.2, 0) is 14.3 Å². The van der Waals surface area contributed by atoms with Gasteiger partial charge in [-0.05, 0) is 18.4 Å². The van der Waals surface area contributed by atoms with Gasteiger partial charge in [-0.2, -0.15) is 21.6 Å². The van der Waals surface area contributed by atoms with Crippen molar-refractivity contribution < 1.29 is 25.8 Å². The smallest absolute Gasteiger partial charge is 0.384 e. The third kappa shape index (κ3) is 3.57. The average Bonchev–Trinajstić information content (AvgIpc) is 2.04. The van der Waals surface area contributed by atoms with E-state index in [2.05, 4.69) is 4.18 Å². The molecule has 0 aliphatic heterocycles. The van der Waals surface area contributed by atoms with Crippen molar-refractivity contribution in [3.8, 4) is 0 Å². The molecule has 0 bridgehead atoms. The number of rotatable bonds is 4. The van der Waals surface area contributed by atoms with Crippen LogP contribution in [0.4, 0.5) is 13.2 Å². The molecule has 0 unspecified atom stereocenters. The minimum Gasteiger partial charge on any atom is -0.384 e. The van der Waals surface area contributed by atoms with E-state index in [1.807, 2.05) is 0 Å². The van der Waals surface area contributed by atoms with Crippen LogP contribution in [0.15, 0.2) is 11.8 Å². The second-order valence-corrected chi connectivity index (χ2v) is 4.04. The summed E-state index contributed by atoms with van der Waals surface area (Å²) in [6.45, 7) is 3.39. The number of hydrogen-bond donors (Lipinski definition) is 0. The van der Waals surface area contributed by atoms with Gasteiger partial charge < -0.3 is 4.18 Å². The molecule has 0 aromatic rings. The van der Waals surface area contributed by atoms with Gasteiger partial charge in [0, 0.05) is 0 Å². The lowest BCUT2D eigenvalue weighted by molar-refractivity contribution is -0.0515. The summed E-state index contributed by atoms with van der Waals surface area (Å²) in [5, 5.41) is 0. The Hall–Kier alpha value is -0.720. The molecular formula is C7H11F3O3S. The van der Waals surface area contributed by atoms with Crippen molar-refractivity contribution >= 4 is 10.1 Å². The summed E-state index contributed by atoms with van der Waals surface area (Å²) in [7, 11) is -5.49. The predicted octanol–water partition coefficient (Wildman–Crippen LogP) is 2.56. The lowest BCUT2D eigenvalue weighted by atomic mass is 10.2. The molecule has 0 aliphatic rings. The molecule has 0 radical (unpaired) electrons. The van der Waals surface area contributed by atoms with Gasteiger partial charge in [-0.3, -0.25) is 0 Å². The highest BCUT2D eigenvalue weighted by molar-refractivity contribution is 7.87. The molecule has 0 saturated carbocycles. The van der Waals surface area contributed by atoms with Crippen LogP contribution in [-0.4, -0.2) is 13.9 Å². The highest BCUT2D eigenvalue weighted by atomic mass is 32.2. The summed E-state index contributed by atoms with van der Waals surface area (Å²) in [5.41, 5.74) is -4.87. The van der Waals surface area contributed by atoms with Crippen LogP contribution in [0.1, 0.15) is 26.7 Å². The fraction of sp³-hybridized carbons (Fsp3) is 0.714.